The molecule has 0 fully saturated rings. The van der Waals surface area contributed by atoms with Crippen molar-refractivity contribution in [2.24, 2.45) is 10.7 Å². The molecular formula is C6H9N5S. The summed E-state index contributed by atoms with van der Waals surface area (Å²) in [5, 5.41) is 2.92. The van der Waals surface area contributed by atoms with Crippen molar-refractivity contribution >= 4 is 23.5 Å². The zero-order valence-electron chi connectivity index (χ0n) is 6.53. The summed E-state index contributed by atoms with van der Waals surface area (Å²) in [5.41, 5.74) is 6.53. The molecule has 64 valence electrons. The molecule has 12 heavy (non-hydrogen) atoms. The van der Waals surface area contributed by atoms with Gasteiger partial charge >= 0.3 is 0 Å². The summed E-state index contributed by atoms with van der Waals surface area (Å²) < 4.78 is 0. The number of anilines is 1. The number of hydrogen-bond donors (Lipinski definition) is 3. The fourth-order valence-electron chi connectivity index (χ4n) is 1.11. The number of guanidine groups is 1. The van der Waals surface area contributed by atoms with Crippen LogP contribution >= 0.6 is 11.8 Å². The lowest BCUT2D eigenvalue weighted by atomic mass is 10.4. The fraction of sp³-hybridized carbons (Fsp3) is 0.333. The van der Waals surface area contributed by atoms with Crippen LogP contribution < -0.4 is 11.1 Å². The van der Waals surface area contributed by atoms with E-state index < -0.39 is 0 Å². The molecule has 0 saturated heterocycles. The molecule has 6 heteroatoms. The van der Waals surface area contributed by atoms with E-state index in [0.29, 0.717) is 5.96 Å². The Kier molecular flexibility index (Phi) is 1.69. The van der Waals surface area contributed by atoms with Gasteiger partial charge in [0.1, 0.15) is 5.37 Å². The first-order chi connectivity index (χ1) is 5.81. The molecule has 0 aromatic carbocycles. The Morgan fingerprint density at radius 3 is 3.25 bits per heavy atom. The van der Waals surface area contributed by atoms with E-state index in [1.165, 1.54) is 0 Å². The Hall–Kier alpha value is -1.17. The minimum Gasteiger partial charge on any atom is -0.370 e. The van der Waals surface area contributed by atoms with E-state index >= 15 is 0 Å². The van der Waals surface area contributed by atoms with Crippen molar-refractivity contribution in [1.29, 1.82) is 0 Å². The van der Waals surface area contributed by atoms with Crippen LogP contribution in [-0.4, -0.2) is 22.2 Å². The van der Waals surface area contributed by atoms with Gasteiger partial charge in [-0.25, -0.2) is 9.98 Å². The predicted molar refractivity (Wildman–Crippen MR) is 50.1 cm³/mol. The van der Waals surface area contributed by atoms with Crippen LogP contribution in [0.3, 0.4) is 0 Å². The third kappa shape index (κ3) is 1.04. The largest absolute Gasteiger partial charge is 0.370 e. The molecule has 5 nitrogen and oxygen atoms in total. The molecule has 0 bridgehead atoms. The predicted octanol–water partition coefficient (Wildman–Crippen LogP) is 0.511. The van der Waals surface area contributed by atoms with Gasteiger partial charge in [0, 0.05) is 0 Å². The lowest BCUT2D eigenvalue weighted by Gasteiger charge is -2.16. The molecule has 0 saturated carbocycles. The fourth-order valence-corrected chi connectivity index (χ4v) is 1.74. The molecular weight excluding hydrogens is 174 g/mol. The molecule has 1 unspecified atom stereocenters. The average molecular weight is 183 g/mol. The molecule has 4 N–H and O–H groups in total. The minimum absolute atomic E-state index is 0.0451. The summed E-state index contributed by atoms with van der Waals surface area (Å²) in [6, 6.07) is 0. The second-order valence-corrected chi connectivity index (χ2v) is 3.31. The highest BCUT2D eigenvalue weighted by Gasteiger charge is 2.21. The van der Waals surface area contributed by atoms with Crippen molar-refractivity contribution in [2.45, 2.75) is 5.37 Å². The topological polar surface area (TPSA) is 79.1 Å². The molecule has 1 atom stereocenters. The van der Waals surface area contributed by atoms with Crippen LogP contribution in [0.4, 0.5) is 5.82 Å². The Morgan fingerprint density at radius 1 is 1.67 bits per heavy atom. The quantitative estimate of drug-likeness (QED) is 0.592. The number of H-pyrrole nitrogens is 1. The highest BCUT2D eigenvalue weighted by molar-refractivity contribution is 7.98. The van der Waals surface area contributed by atoms with E-state index in [4.69, 9.17) is 5.73 Å². The molecule has 0 spiro atoms. The molecule has 0 radical (unpaired) electrons. The first-order valence-corrected chi connectivity index (χ1v) is 4.76. The van der Waals surface area contributed by atoms with Crippen molar-refractivity contribution in [2.75, 3.05) is 11.6 Å². The number of aliphatic imine (C=N–C) groups is 1. The van der Waals surface area contributed by atoms with Gasteiger partial charge in [-0.3, -0.25) is 0 Å². The van der Waals surface area contributed by atoms with E-state index in [1.807, 2.05) is 6.26 Å². The lowest BCUT2D eigenvalue weighted by molar-refractivity contribution is 0.963. The molecule has 2 heterocycles. The molecule has 1 aliphatic rings. The second kappa shape index (κ2) is 2.71. The third-order valence-electron chi connectivity index (χ3n) is 1.64. The Labute approximate surface area is 73.9 Å². The highest BCUT2D eigenvalue weighted by Crippen LogP contribution is 2.33. The maximum absolute atomic E-state index is 5.55. The van der Waals surface area contributed by atoms with Gasteiger partial charge in [0.15, 0.2) is 11.8 Å². The summed E-state index contributed by atoms with van der Waals surface area (Å²) in [7, 11) is 0. The number of imidazole rings is 1. The van der Waals surface area contributed by atoms with Crippen LogP contribution in [0.2, 0.25) is 0 Å². The van der Waals surface area contributed by atoms with Gasteiger partial charge in [0.05, 0.1) is 12.0 Å². The first kappa shape index (κ1) is 7.48. The molecule has 0 amide bonds. The first-order valence-electron chi connectivity index (χ1n) is 3.47. The van der Waals surface area contributed by atoms with Gasteiger partial charge < -0.3 is 16.0 Å². The molecule has 1 aliphatic heterocycles. The second-order valence-electron chi connectivity index (χ2n) is 2.39. The van der Waals surface area contributed by atoms with Crippen molar-refractivity contribution in [3.63, 3.8) is 0 Å². The Balaban J connectivity index is 2.40. The lowest BCUT2D eigenvalue weighted by Crippen LogP contribution is -2.27. The summed E-state index contributed by atoms with van der Waals surface area (Å²) in [4.78, 5) is 11.3. The summed E-state index contributed by atoms with van der Waals surface area (Å²) in [6.07, 6.45) is 3.62. The van der Waals surface area contributed by atoms with Crippen molar-refractivity contribution in [3.05, 3.63) is 12.0 Å². The van der Waals surface area contributed by atoms with Crippen molar-refractivity contribution < 1.29 is 0 Å². The number of rotatable bonds is 1. The number of nitrogens with two attached hydrogens (primary N) is 1. The van der Waals surface area contributed by atoms with Crippen molar-refractivity contribution in [1.82, 2.24) is 9.97 Å². The third-order valence-corrected chi connectivity index (χ3v) is 2.43. The number of hydrogen-bond acceptors (Lipinski definition) is 5. The monoisotopic (exact) mass is 183 g/mol. The summed E-state index contributed by atoms with van der Waals surface area (Å²) in [5.74, 6) is 1.20. The van der Waals surface area contributed by atoms with Gasteiger partial charge in [0.25, 0.3) is 0 Å². The number of aromatic amines is 1. The number of nitrogens with one attached hydrogen (secondary N) is 2. The maximum atomic E-state index is 5.55. The van der Waals surface area contributed by atoms with E-state index in [0.717, 1.165) is 11.5 Å². The minimum atomic E-state index is 0.0451. The van der Waals surface area contributed by atoms with Gasteiger partial charge in [-0.15, -0.1) is 11.8 Å². The van der Waals surface area contributed by atoms with Crippen LogP contribution in [-0.2, 0) is 0 Å². The average Bonchev–Trinajstić information content (AvgIpc) is 2.50. The SMILES string of the molecule is CSC1N=C(N)Nc2nc[nH]c21. The van der Waals surface area contributed by atoms with Gasteiger partial charge in [-0.1, -0.05) is 0 Å². The van der Waals surface area contributed by atoms with Gasteiger partial charge in [-0.05, 0) is 6.26 Å². The van der Waals surface area contributed by atoms with Crippen LogP contribution in [0, 0.1) is 0 Å². The zero-order chi connectivity index (χ0) is 8.55. The maximum Gasteiger partial charge on any atom is 0.195 e. The highest BCUT2D eigenvalue weighted by atomic mass is 32.2. The van der Waals surface area contributed by atoms with Crippen molar-refractivity contribution in [3.8, 4) is 0 Å². The number of nitrogens with zero attached hydrogens (tertiary/aromatic N) is 2. The van der Waals surface area contributed by atoms with Crippen LogP contribution in [0.25, 0.3) is 0 Å². The number of fused-ring (bicyclic) bond motifs is 1. The van der Waals surface area contributed by atoms with E-state index in [-0.39, 0.29) is 5.37 Å². The standard InChI is InChI=1S/C6H9N5S/c1-12-5-3-4(9-2-8-3)10-6(7)11-5/h2,5H,1H3,(H,8,9)(H3,7,10,11). The molecule has 0 aliphatic carbocycles. The van der Waals surface area contributed by atoms with E-state index in [9.17, 15) is 0 Å². The van der Waals surface area contributed by atoms with E-state index in [2.05, 4.69) is 20.3 Å². The summed E-state index contributed by atoms with van der Waals surface area (Å²) in [6.45, 7) is 0. The number of aromatic nitrogens is 2. The normalized spacial score (nSPS) is 21.1. The Bertz CT molecular complexity index is 317. The van der Waals surface area contributed by atoms with Crippen LogP contribution in [0.15, 0.2) is 11.3 Å². The van der Waals surface area contributed by atoms with Gasteiger partial charge in [-0.2, -0.15) is 0 Å². The molecule has 2 rings (SSSR count). The summed E-state index contributed by atoms with van der Waals surface area (Å²) >= 11 is 1.62. The Morgan fingerprint density at radius 2 is 2.50 bits per heavy atom. The number of thioether (sulfide) groups is 1. The van der Waals surface area contributed by atoms with E-state index in [1.54, 1.807) is 18.1 Å². The molecule has 1 aromatic heterocycles. The molecule has 1 aromatic rings. The zero-order valence-corrected chi connectivity index (χ0v) is 7.35. The van der Waals surface area contributed by atoms with Crippen LogP contribution in [0.5, 0.6) is 0 Å². The van der Waals surface area contributed by atoms with Gasteiger partial charge in [0.2, 0.25) is 0 Å². The smallest absolute Gasteiger partial charge is 0.195 e. The van der Waals surface area contributed by atoms with Crippen LogP contribution in [0.1, 0.15) is 11.1 Å².